The fraction of sp³-hybridized carbons (Fsp3) is 0.0769. The van der Waals surface area contributed by atoms with Crippen LogP contribution in [0.3, 0.4) is 0 Å². The van der Waals surface area contributed by atoms with Gasteiger partial charge in [0.15, 0.2) is 5.16 Å². The Morgan fingerprint density at radius 2 is 1.85 bits per heavy atom. The zero-order valence-corrected chi connectivity index (χ0v) is 11.0. The lowest BCUT2D eigenvalue weighted by Crippen LogP contribution is -1.86. The predicted octanol–water partition coefficient (Wildman–Crippen LogP) is 2.96. The Morgan fingerprint density at radius 1 is 1.10 bits per heavy atom. The van der Waals surface area contributed by atoms with Crippen LogP contribution in [0.25, 0.3) is 11.4 Å². The van der Waals surface area contributed by atoms with Gasteiger partial charge in [0, 0.05) is 18.0 Å². The third-order valence-corrected chi connectivity index (χ3v) is 3.30. The normalized spacial score (nSPS) is 10.7. The van der Waals surface area contributed by atoms with E-state index in [9.17, 15) is 4.39 Å². The van der Waals surface area contributed by atoms with Gasteiger partial charge in [0.1, 0.15) is 5.82 Å². The summed E-state index contributed by atoms with van der Waals surface area (Å²) >= 11 is 1.41. The van der Waals surface area contributed by atoms with Gasteiger partial charge in [-0.2, -0.15) is 4.98 Å². The first-order valence-electron chi connectivity index (χ1n) is 5.79. The number of halogens is 1. The predicted molar refractivity (Wildman–Crippen MR) is 71.3 cm³/mol. The van der Waals surface area contributed by atoms with Gasteiger partial charge in [-0.3, -0.25) is 0 Å². The molecule has 7 heteroatoms. The molecule has 3 rings (SSSR count). The molecular formula is C13H9FN4OS. The van der Waals surface area contributed by atoms with E-state index in [-0.39, 0.29) is 5.82 Å². The number of nitrogens with zero attached hydrogens (tertiary/aromatic N) is 4. The molecule has 0 atom stereocenters. The van der Waals surface area contributed by atoms with Crippen molar-refractivity contribution in [3.63, 3.8) is 0 Å². The summed E-state index contributed by atoms with van der Waals surface area (Å²) in [7, 11) is 0. The van der Waals surface area contributed by atoms with Crippen molar-refractivity contribution in [2.24, 2.45) is 0 Å². The van der Waals surface area contributed by atoms with Crippen LogP contribution in [0.15, 0.2) is 52.4 Å². The molecule has 0 saturated heterocycles. The number of thioether (sulfide) groups is 1. The molecule has 0 radical (unpaired) electrons. The minimum atomic E-state index is -0.297. The Balaban J connectivity index is 1.69. The van der Waals surface area contributed by atoms with Crippen LogP contribution in [-0.2, 0) is 5.75 Å². The SMILES string of the molecule is Fc1ccc(-c2noc(CSc3ncccn3)n2)cc1. The van der Waals surface area contributed by atoms with E-state index in [1.165, 1.54) is 23.9 Å². The van der Waals surface area contributed by atoms with Crippen molar-refractivity contribution in [1.29, 1.82) is 0 Å². The first-order chi connectivity index (χ1) is 9.81. The topological polar surface area (TPSA) is 64.7 Å². The van der Waals surface area contributed by atoms with Crippen molar-refractivity contribution in [3.05, 3.63) is 54.4 Å². The van der Waals surface area contributed by atoms with Crippen LogP contribution in [0.5, 0.6) is 0 Å². The van der Waals surface area contributed by atoms with Crippen molar-refractivity contribution in [3.8, 4) is 11.4 Å². The summed E-state index contributed by atoms with van der Waals surface area (Å²) in [6.07, 6.45) is 3.35. The van der Waals surface area contributed by atoms with E-state index < -0.39 is 0 Å². The summed E-state index contributed by atoms with van der Waals surface area (Å²) in [6.45, 7) is 0. The van der Waals surface area contributed by atoms with Crippen LogP contribution in [0.4, 0.5) is 4.39 Å². The molecule has 0 aliphatic carbocycles. The molecule has 0 spiro atoms. The molecule has 20 heavy (non-hydrogen) atoms. The standard InChI is InChI=1S/C13H9FN4OS/c14-10-4-2-9(3-5-10)12-17-11(19-18-12)8-20-13-15-6-1-7-16-13/h1-7H,8H2. The first kappa shape index (κ1) is 12.7. The second-order valence-electron chi connectivity index (χ2n) is 3.84. The molecule has 5 nitrogen and oxygen atoms in total. The van der Waals surface area contributed by atoms with E-state index in [2.05, 4.69) is 20.1 Å². The summed E-state index contributed by atoms with van der Waals surface area (Å²) < 4.78 is 18.0. The van der Waals surface area contributed by atoms with Gasteiger partial charge in [-0.1, -0.05) is 16.9 Å². The lowest BCUT2D eigenvalue weighted by Gasteiger charge is -1.94. The number of hydrogen-bond donors (Lipinski definition) is 0. The highest BCUT2D eigenvalue weighted by Gasteiger charge is 2.09. The van der Waals surface area contributed by atoms with E-state index in [1.807, 2.05) is 0 Å². The van der Waals surface area contributed by atoms with Gasteiger partial charge >= 0.3 is 0 Å². The molecule has 0 N–H and O–H groups in total. The molecular weight excluding hydrogens is 279 g/mol. The molecule has 0 aliphatic heterocycles. The molecule has 0 fully saturated rings. The third-order valence-electron chi connectivity index (χ3n) is 2.44. The van der Waals surface area contributed by atoms with Crippen molar-refractivity contribution < 1.29 is 8.91 Å². The fourth-order valence-corrected chi connectivity index (χ4v) is 2.16. The van der Waals surface area contributed by atoms with Crippen molar-refractivity contribution in [2.75, 3.05) is 0 Å². The van der Waals surface area contributed by atoms with Crippen LogP contribution >= 0.6 is 11.8 Å². The van der Waals surface area contributed by atoms with Gasteiger partial charge in [-0.05, 0) is 30.3 Å². The smallest absolute Gasteiger partial charge is 0.237 e. The summed E-state index contributed by atoms with van der Waals surface area (Å²) in [5.41, 5.74) is 0.711. The summed E-state index contributed by atoms with van der Waals surface area (Å²) in [5, 5.41) is 4.51. The van der Waals surface area contributed by atoms with E-state index in [0.29, 0.717) is 28.2 Å². The molecule has 3 aromatic rings. The molecule has 2 aromatic heterocycles. The molecule has 0 amide bonds. The summed E-state index contributed by atoms with van der Waals surface area (Å²) in [6, 6.07) is 7.69. The largest absolute Gasteiger partial charge is 0.338 e. The van der Waals surface area contributed by atoms with Crippen LogP contribution in [0.1, 0.15) is 5.89 Å². The lowest BCUT2D eigenvalue weighted by atomic mass is 10.2. The Kier molecular flexibility index (Phi) is 3.69. The maximum atomic E-state index is 12.8. The van der Waals surface area contributed by atoms with Gasteiger partial charge < -0.3 is 4.52 Å². The lowest BCUT2D eigenvalue weighted by molar-refractivity contribution is 0.391. The minimum Gasteiger partial charge on any atom is -0.338 e. The molecule has 100 valence electrons. The van der Waals surface area contributed by atoms with Gasteiger partial charge in [0.05, 0.1) is 5.75 Å². The molecule has 0 unspecified atom stereocenters. The zero-order chi connectivity index (χ0) is 13.8. The van der Waals surface area contributed by atoms with Crippen LogP contribution < -0.4 is 0 Å². The second kappa shape index (κ2) is 5.79. The Labute approximate surface area is 118 Å². The van der Waals surface area contributed by atoms with Gasteiger partial charge in [-0.15, -0.1) is 0 Å². The molecule has 0 bridgehead atoms. The molecule has 0 aliphatic rings. The quantitative estimate of drug-likeness (QED) is 0.543. The number of hydrogen-bond acceptors (Lipinski definition) is 6. The highest BCUT2D eigenvalue weighted by Crippen LogP contribution is 2.20. The highest BCUT2D eigenvalue weighted by atomic mass is 32.2. The maximum Gasteiger partial charge on any atom is 0.237 e. The summed E-state index contributed by atoms with van der Waals surface area (Å²) in [4.78, 5) is 12.4. The molecule has 1 aromatic carbocycles. The van der Waals surface area contributed by atoms with E-state index in [4.69, 9.17) is 4.52 Å². The monoisotopic (exact) mass is 288 g/mol. The minimum absolute atomic E-state index is 0.297. The van der Waals surface area contributed by atoms with Crippen molar-refractivity contribution in [2.45, 2.75) is 10.9 Å². The number of aromatic nitrogens is 4. The third kappa shape index (κ3) is 3.00. The average molecular weight is 288 g/mol. The van der Waals surface area contributed by atoms with Crippen LogP contribution in [0, 0.1) is 5.82 Å². The summed E-state index contributed by atoms with van der Waals surface area (Å²) in [5.74, 6) is 1.10. The van der Waals surface area contributed by atoms with E-state index in [1.54, 1.807) is 30.6 Å². The maximum absolute atomic E-state index is 12.8. The number of benzene rings is 1. The first-order valence-corrected chi connectivity index (χ1v) is 6.78. The van der Waals surface area contributed by atoms with Gasteiger partial charge in [0.2, 0.25) is 11.7 Å². The highest BCUT2D eigenvalue weighted by molar-refractivity contribution is 7.98. The van der Waals surface area contributed by atoms with Crippen LogP contribution in [-0.4, -0.2) is 20.1 Å². The van der Waals surface area contributed by atoms with Crippen molar-refractivity contribution >= 4 is 11.8 Å². The number of rotatable bonds is 4. The zero-order valence-electron chi connectivity index (χ0n) is 10.2. The Hall–Kier alpha value is -2.28. The Bertz CT molecular complexity index is 687. The van der Waals surface area contributed by atoms with Gasteiger partial charge in [-0.25, -0.2) is 14.4 Å². The van der Waals surface area contributed by atoms with E-state index >= 15 is 0 Å². The average Bonchev–Trinajstić information content (AvgIpc) is 2.96. The van der Waals surface area contributed by atoms with E-state index in [0.717, 1.165) is 0 Å². The van der Waals surface area contributed by atoms with Gasteiger partial charge in [0.25, 0.3) is 0 Å². The van der Waals surface area contributed by atoms with Crippen LogP contribution in [0.2, 0.25) is 0 Å². The molecule has 2 heterocycles. The second-order valence-corrected chi connectivity index (χ2v) is 4.78. The fourth-order valence-electron chi connectivity index (χ4n) is 1.52. The molecule has 0 saturated carbocycles. The van der Waals surface area contributed by atoms with Crippen molar-refractivity contribution in [1.82, 2.24) is 20.1 Å². The Morgan fingerprint density at radius 3 is 2.60 bits per heavy atom.